The van der Waals surface area contributed by atoms with Gasteiger partial charge in [0.25, 0.3) is 0 Å². The van der Waals surface area contributed by atoms with E-state index in [-0.39, 0.29) is 5.78 Å². The summed E-state index contributed by atoms with van der Waals surface area (Å²) in [7, 11) is 0. The molecule has 0 saturated carbocycles. The maximum absolute atomic E-state index is 13.1. The van der Waals surface area contributed by atoms with Crippen LogP contribution in [0.15, 0.2) is 132 Å². The van der Waals surface area contributed by atoms with Crippen LogP contribution >= 0.6 is 0 Å². The molecule has 0 spiro atoms. The topological polar surface area (TPSA) is 35.1 Å². The van der Waals surface area contributed by atoms with Gasteiger partial charge in [0, 0.05) is 44.4 Å². The van der Waals surface area contributed by atoms with Crippen molar-refractivity contribution in [2.75, 3.05) is 0 Å². The summed E-state index contributed by atoms with van der Waals surface area (Å²) in [5.41, 5.74) is 11.7. The maximum Gasteiger partial charge on any atom is 0.193 e. The summed E-state index contributed by atoms with van der Waals surface area (Å²) >= 11 is 0. The van der Waals surface area contributed by atoms with Crippen molar-refractivity contribution in [1.29, 1.82) is 0 Å². The largest absolute Gasteiger partial charge is 0.456 e. The lowest BCUT2D eigenvalue weighted by Gasteiger charge is -2.10. The van der Waals surface area contributed by atoms with Gasteiger partial charge < -0.3 is 8.98 Å². The number of hydrogen-bond donors (Lipinski definition) is 0. The second kappa shape index (κ2) is 8.30. The van der Waals surface area contributed by atoms with Gasteiger partial charge in [0.05, 0.1) is 11.0 Å². The molecule has 0 unspecified atom stereocenters. The molecule has 0 aliphatic heterocycles. The monoisotopic (exact) mass is 525 g/mol. The van der Waals surface area contributed by atoms with Gasteiger partial charge in [0.15, 0.2) is 5.78 Å². The fourth-order valence-electron chi connectivity index (χ4n) is 6.66. The highest BCUT2D eigenvalue weighted by Crippen LogP contribution is 2.44. The molecule has 0 saturated heterocycles. The maximum atomic E-state index is 13.1. The van der Waals surface area contributed by atoms with Gasteiger partial charge in [0.1, 0.15) is 11.2 Å². The van der Waals surface area contributed by atoms with Crippen molar-refractivity contribution in [3.63, 3.8) is 0 Å². The smallest absolute Gasteiger partial charge is 0.193 e. The number of para-hydroxylation sites is 1. The summed E-state index contributed by atoms with van der Waals surface area (Å²) in [6.45, 7) is 0. The first-order chi connectivity index (χ1) is 20.2. The number of nitrogens with zero attached hydrogens (tertiary/aromatic N) is 1. The van der Waals surface area contributed by atoms with E-state index >= 15 is 0 Å². The number of hydrogen-bond acceptors (Lipinski definition) is 2. The molecule has 0 amide bonds. The number of furan rings is 1. The van der Waals surface area contributed by atoms with E-state index in [0.717, 1.165) is 45.1 Å². The van der Waals surface area contributed by atoms with Crippen LogP contribution in [0.3, 0.4) is 0 Å². The highest BCUT2D eigenvalue weighted by atomic mass is 16.3. The Morgan fingerprint density at radius 1 is 0.537 bits per heavy atom. The van der Waals surface area contributed by atoms with Gasteiger partial charge in [-0.1, -0.05) is 72.8 Å². The molecule has 3 heteroatoms. The number of fused-ring (bicyclic) bond motifs is 9. The molecule has 0 N–H and O–H groups in total. The van der Waals surface area contributed by atoms with E-state index in [4.69, 9.17) is 4.42 Å². The Balaban J connectivity index is 1.31. The van der Waals surface area contributed by atoms with E-state index in [9.17, 15) is 4.79 Å². The highest BCUT2D eigenvalue weighted by Gasteiger charge is 2.23. The first-order valence-corrected chi connectivity index (χ1v) is 13.9. The van der Waals surface area contributed by atoms with Gasteiger partial charge in [-0.15, -0.1) is 0 Å². The van der Waals surface area contributed by atoms with Gasteiger partial charge in [-0.25, -0.2) is 0 Å². The Morgan fingerprint density at radius 2 is 1.24 bits per heavy atom. The molecule has 8 aromatic rings. The van der Waals surface area contributed by atoms with E-state index < -0.39 is 0 Å². The van der Waals surface area contributed by atoms with Crippen molar-refractivity contribution in [3.05, 3.63) is 150 Å². The number of ketones is 1. The zero-order chi connectivity index (χ0) is 27.1. The minimum absolute atomic E-state index is 0.0268. The first kappa shape index (κ1) is 22.4. The summed E-state index contributed by atoms with van der Waals surface area (Å²) in [6, 6.07) is 43.6. The summed E-state index contributed by atoms with van der Waals surface area (Å²) < 4.78 is 8.63. The summed E-state index contributed by atoms with van der Waals surface area (Å²) in [6.07, 6.45) is 0.931. The molecule has 2 heterocycles. The SMILES string of the molecule is O=C(c1ccccc1)c1ccc(-n2c3cc4c(cc3c3cc5c(cc32)oc2ccccc25)-c2ccccc2C4)cc1. The van der Waals surface area contributed by atoms with Crippen molar-refractivity contribution in [1.82, 2.24) is 4.57 Å². The quantitative estimate of drug-likeness (QED) is 0.215. The van der Waals surface area contributed by atoms with Crippen LogP contribution in [0.1, 0.15) is 27.0 Å². The van der Waals surface area contributed by atoms with Crippen LogP contribution in [0.4, 0.5) is 0 Å². The van der Waals surface area contributed by atoms with Crippen molar-refractivity contribution in [3.8, 4) is 16.8 Å². The third kappa shape index (κ3) is 3.23. The number of aromatic nitrogens is 1. The molecular formula is C38H23NO2. The average Bonchev–Trinajstić information content (AvgIpc) is 3.67. The zero-order valence-corrected chi connectivity index (χ0v) is 22.1. The Kier molecular flexibility index (Phi) is 4.53. The van der Waals surface area contributed by atoms with E-state index in [1.165, 1.54) is 33.0 Å². The van der Waals surface area contributed by atoms with Crippen LogP contribution in [0, 0.1) is 0 Å². The van der Waals surface area contributed by atoms with E-state index in [2.05, 4.69) is 77.4 Å². The van der Waals surface area contributed by atoms with E-state index in [0.29, 0.717) is 11.1 Å². The third-order valence-corrected chi connectivity index (χ3v) is 8.60. The second-order valence-corrected chi connectivity index (χ2v) is 10.9. The number of rotatable bonds is 3. The van der Waals surface area contributed by atoms with E-state index in [1.54, 1.807) is 0 Å². The third-order valence-electron chi connectivity index (χ3n) is 8.60. The molecule has 192 valence electrons. The van der Waals surface area contributed by atoms with Crippen molar-refractivity contribution in [2.45, 2.75) is 6.42 Å². The minimum Gasteiger partial charge on any atom is -0.456 e. The van der Waals surface area contributed by atoms with Gasteiger partial charge in [-0.3, -0.25) is 4.79 Å². The van der Waals surface area contributed by atoms with Crippen LogP contribution in [0.2, 0.25) is 0 Å². The second-order valence-electron chi connectivity index (χ2n) is 10.9. The standard InChI is InChI=1S/C38H23NO2/c40-38(23-8-2-1-3-9-23)24-14-16-27(17-15-24)39-34-19-26-18-25-10-4-5-11-28(25)30(26)20-31(34)32-21-33-29-12-6-7-13-36(29)41-37(33)22-35(32)39/h1-17,19-22H,18H2. The number of carbonyl (C=O) groups excluding carboxylic acids is 1. The molecule has 0 atom stereocenters. The van der Waals surface area contributed by atoms with Crippen molar-refractivity contribution < 1.29 is 9.21 Å². The Labute approximate surface area is 235 Å². The first-order valence-electron chi connectivity index (χ1n) is 13.9. The molecule has 1 aliphatic rings. The zero-order valence-electron chi connectivity index (χ0n) is 22.1. The Bertz CT molecular complexity index is 2340. The van der Waals surface area contributed by atoms with Crippen molar-refractivity contribution in [2.24, 2.45) is 0 Å². The number of benzene rings is 6. The summed E-state index contributed by atoms with van der Waals surface area (Å²) in [5.74, 6) is 0.0268. The molecule has 0 bridgehead atoms. The highest BCUT2D eigenvalue weighted by molar-refractivity contribution is 6.18. The molecule has 3 nitrogen and oxygen atoms in total. The molecule has 9 rings (SSSR count). The van der Waals surface area contributed by atoms with Crippen LogP contribution in [0.25, 0.3) is 60.6 Å². The molecule has 0 fully saturated rings. The molecule has 41 heavy (non-hydrogen) atoms. The fourth-order valence-corrected chi connectivity index (χ4v) is 6.66. The van der Waals surface area contributed by atoms with Gasteiger partial charge in [-0.05, 0) is 77.2 Å². The van der Waals surface area contributed by atoms with Crippen LogP contribution in [-0.4, -0.2) is 10.4 Å². The van der Waals surface area contributed by atoms with Gasteiger partial charge in [0.2, 0.25) is 0 Å². The Morgan fingerprint density at radius 3 is 2.12 bits per heavy atom. The van der Waals surface area contributed by atoms with Crippen LogP contribution in [-0.2, 0) is 6.42 Å². The molecule has 2 aromatic heterocycles. The predicted molar refractivity (Wildman–Crippen MR) is 166 cm³/mol. The Hall–Kier alpha value is -5.41. The lowest BCUT2D eigenvalue weighted by molar-refractivity contribution is 0.103. The summed E-state index contributed by atoms with van der Waals surface area (Å²) in [4.78, 5) is 13.1. The predicted octanol–water partition coefficient (Wildman–Crippen LogP) is 9.49. The normalized spacial score (nSPS) is 12.4. The average molecular weight is 526 g/mol. The van der Waals surface area contributed by atoms with Gasteiger partial charge in [-0.2, -0.15) is 0 Å². The van der Waals surface area contributed by atoms with Crippen molar-refractivity contribution >= 4 is 49.5 Å². The van der Waals surface area contributed by atoms with E-state index in [1.807, 2.05) is 54.6 Å². The van der Waals surface area contributed by atoms with Crippen LogP contribution in [0.5, 0.6) is 0 Å². The molecule has 6 aromatic carbocycles. The number of carbonyl (C=O) groups is 1. The molecule has 0 radical (unpaired) electrons. The van der Waals surface area contributed by atoms with Gasteiger partial charge >= 0.3 is 0 Å². The molecular weight excluding hydrogens is 502 g/mol. The van der Waals surface area contributed by atoms with Crippen LogP contribution < -0.4 is 0 Å². The minimum atomic E-state index is 0.0268. The lowest BCUT2D eigenvalue weighted by atomic mass is 10.0. The lowest BCUT2D eigenvalue weighted by Crippen LogP contribution is -2.02. The summed E-state index contributed by atoms with van der Waals surface area (Å²) in [5, 5.41) is 4.65. The fraction of sp³-hybridized carbons (Fsp3) is 0.0263. The molecule has 1 aliphatic carbocycles.